The Bertz CT molecular complexity index is 858. The van der Waals surface area contributed by atoms with Gasteiger partial charge in [-0.2, -0.15) is 0 Å². The Hall–Kier alpha value is -2.71. The monoisotopic (exact) mass is 401 g/mol. The summed E-state index contributed by atoms with van der Waals surface area (Å²) in [7, 11) is 0. The molecule has 2 saturated heterocycles. The van der Waals surface area contributed by atoms with Gasteiger partial charge in [0.15, 0.2) is 6.10 Å². The zero-order valence-corrected chi connectivity index (χ0v) is 15.9. The van der Waals surface area contributed by atoms with E-state index in [1.807, 2.05) is 11.0 Å². The Morgan fingerprint density at radius 1 is 1.11 bits per heavy atom. The lowest BCUT2D eigenvalue weighted by Gasteiger charge is -2.39. The van der Waals surface area contributed by atoms with Gasteiger partial charge in [0.05, 0.1) is 6.04 Å². The van der Waals surface area contributed by atoms with Crippen LogP contribution in [0.3, 0.4) is 0 Å². The fraction of sp³-hybridized carbons (Fsp3) is 0.368. The number of amides is 2. The molecule has 4 rings (SSSR count). The molecular weight excluding hydrogens is 382 g/mol. The predicted octanol–water partition coefficient (Wildman–Crippen LogP) is 1.03. The first kappa shape index (κ1) is 18.6. The maximum absolute atomic E-state index is 13.2. The van der Waals surface area contributed by atoms with E-state index < -0.39 is 12.1 Å². The molecule has 2 aliphatic rings. The van der Waals surface area contributed by atoms with E-state index in [1.54, 1.807) is 41.6 Å². The first-order valence-electron chi connectivity index (χ1n) is 9.09. The van der Waals surface area contributed by atoms with Gasteiger partial charge in [-0.05, 0) is 17.7 Å². The van der Waals surface area contributed by atoms with Crippen molar-refractivity contribution in [1.29, 1.82) is 0 Å². The van der Waals surface area contributed by atoms with Crippen LogP contribution in [0.4, 0.5) is 5.95 Å². The molecule has 0 aliphatic carbocycles. The second-order valence-corrected chi connectivity index (χ2v) is 7.07. The van der Waals surface area contributed by atoms with E-state index in [1.165, 1.54) is 0 Å². The van der Waals surface area contributed by atoms with Gasteiger partial charge in [-0.25, -0.2) is 9.97 Å². The van der Waals surface area contributed by atoms with Crippen LogP contribution < -0.4 is 10.2 Å². The van der Waals surface area contributed by atoms with Gasteiger partial charge in [0.25, 0.3) is 5.91 Å². The zero-order chi connectivity index (χ0) is 19.5. The SMILES string of the molecule is O=C1CO[C@H](C(=O)N2CCN(c3ncccn3)CC2)[C@@H](c2ccccc2Cl)N1. The Morgan fingerprint density at radius 3 is 2.54 bits per heavy atom. The molecular formula is C19H20ClN5O3. The number of carbonyl (C=O) groups excluding carboxylic acids is 2. The Labute approximate surface area is 167 Å². The molecule has 1 aromatic heterocycles. The molecule has 3 heterocycles. The molecule has 2 amide bonds. The van der Waals surface area contributed by atoms with Crippen molar-refractivity contribution in [2.24, 2.45) is 0 Å². The Kier molecular flexibility index (Phi) is 5.40. The minimum absolute atomic E-state index is 0.144. The average Bonchev–Trinajstić information content (AvgIpc) is 2.74. The molecule has 1 N–H and O–H groups in total. The van der Waals surface area contributed by atoms with Crippen LogP contribution in [-0.4, -0.2) is 65.6 Å². The zero-order valence-electron chi connectivity index (χ0n) is 15.1. The number of carbonyl (C=O) groups is 2. The highest BCUT2D eigenvalue weighted by atomic mass is 35.5. The number of ether oxygens (including phenoxy) is 1. The topological polar surface area (TPSA) is 87.7 Å². The number of piperazine rings is 1. The van der Waals surface area contributed by atoms with Crippen LogP contribution in [0.2, 0.25) is 5.02 Å². The lowest BCUT2D eigenvalue weighted by atomic mass is 9.98. The van der Waals surface area contributed by atoms with Gasteiger partial charge in [-0.15, -0.1) is 0 Å². The number of anilines is 1. The van der Waals surface area contributed by atoms with Crippen molar-refractivity contribution in [2.75, 3.05) is 37.7 Å². The summed E-state index contributed by atoms with van der Waals surface area (Å²) in [4.78, 5) is 37.3. The van der Waals surface area contributed by atoms with Crippen molar-refractivity contribution in [3.8, 4) is 0 Å². The van der Waals surface area contributed by atoms with E-state index in [0.29, 0.717) is 42.7 Å². The molecule has 9 heteroatoms. The van der Waals surface area contributed by atoms with E-state index >= 15 is 0 Å². The lowest BCUT2D eigenvalue weighted by molar-refractivity contribution is -0.155. The van der Waals surface area contributed by atoms with Crippen molar-refractivity contribution < 1.29 is 14.3 Å². The highest BCUT2D eigenvalue weighted by molar-refractivity contribution is 6.31. The molecule has 146 valence electrons. The maximum Gasteiger partial charge on any atom is 0.254 e. The van der Waals surface area contributed by atoms with Crippen molar-refractivity contribution >= 4 is 29.4 Å². The highest BCUT2D eigenvalue weighted by Crippen LogP contribution is 2.29. The molecule has 2 aromatic rings. The second kappa shape index (κ2) is 8.12. The predicted molar refractivity (Wildman–Crippen MR) is 103 cm³/mol. The van der Waals surface area contributed by atoms with Crippen molar-refractivity contribution in [3.05, 3.63) is 53.3 Å². The second-order valence-electron chi connectivity index (χ2n) is 6.66. The normalized spacial score (nSPS) is 22.7. The quantitative estimate of drug-likeness (QED) is 0.826. The number of rotatable bonds is 3. The molecule has 28 heavy (non-hydrogen) atoms. The van der Waals surface area contributed by atoms with Gasteiger partial charge >= 0.3 is 0 Å². The summed E-state index contributed by atoms with van der Waals surface area (Å²) in [5.74, 6) is 0.239. The summed E-state index contributed by atoms with van der Waals surface area (Å²) in [6.07, 6.45) is 2.59. The van der Waals surface area contributed by atoms with Crippen molar-refractivity contribution in [2.45, 2.75) is 12.1 Å². The molecule has 2 fully saturated rings. The number of hydrogen-bond donors (Lipinski definition) is 1. The molecule has 0 bridgehead atoms. The van der Waals surface area contributed by atoms with Crippen molar-refractivity contribution in [1.82, 2.24) is 20.2 Å². The first-order chi connectivity index (χ1) is 13.6. The minimum Gasteiger partial charge on any atom is -0.356 e. The van der Waals surface area contributed by atoms with Gasteiger partial charge in [-0.3, -0.25) is 9.59 Å². The third-order valence-corrected chi connectivity index (χ3v) is 5.27. The largest absolute Gasteiger partial charge is 0.356 e. The number of halogens is 1. The molecule has 2 aliphatic heterocycles. The van der Waals surface area contributed by atoms with Crippen LogP contribution in [0.5, 0.6) is 0 Å². The minimum atomic E-state index is -0.808. The summed E-state index contributed by atoms with van der Waals surface area (Å²) in [5, 5.41) is 3.34. The third kappa shape index (κ3) is 3.79. The van der Waals surface area contributed by atoms with Gasteiger partial charge in [0.2, 0.25) is 11.9 Å². The number of nitrogens with zero attached hydrogens (tertiary/aromatic N) is 4. The molecule has 2 atom stereocenters. The lowest BCUT2D eigenvalue weighted by Crippen LogP contribution is -2.57. The molecule has 0 saturated carbocycles. The summed E-state index contributed by atoms with van der Waals surface area (Å²) in [6, 6.07) is 8.32. The van der Waals surface area contributed by atoms with E-state index in [0.717, 1.165) is 0 Å². The number of hydrogen-bond acceptors (Lipinski definition) is 6. The van der Waals surface area contributed by atoms with Gasteiger partial charge in [-0.1, -0.05) is 29.8 Å². The van der Waals surface area contributed by atoms with E-state index in [-0.39, 0.29) is 18.4 Å². The Balaban J connectivity index is 1.47. The summed E-state index contributed by atoms with van der Waals surface area (Å²) in [6.45, 7) is 2.17. The fourth-order valence-electron chi connectivity index (χ4n) is 3.50. The van der Waals surface area contributed by atoms with Gasteiger partial charge < -0.3 is 19.9 Å². The molecule has 0 spiro atoms. The smallest absolute Gasteiger partial charge is 0.254 e. The molecule has 1 aromatic carbocycles. The fourth-order valence-corrected chi connectivity index (χ4v) is 3.75. The van der Waals surface area contributed by atoms with E-state index in [4.69, 9.17) is 16.3 Å². The molecule has 0 radical (unpaired) electrons. The van der Waals surface area contributed by atoms with Crippen LogP contribution in [0, 0.1) is 0 Å². The molecule has 8 nitrogen and oxygen atoms in total. The van der Waals surface area contributed by atoms with Crippen LogP contribution >= 0.6 is 11.6 Å². The molecule has 0 unspecified atom stereocenters. The maximum atomic E-state index is 13.2. The van der Waals surface area contributed by atoms with Gasteiger partial charge in [0.1, 0.15) is 6.61 Å². The summed E-state index contributed by atoms with van der Waals surface area (Å²) >= 11 is 6.30. The van der Waals surface area contributed by atoms with Crippen LogP contribution in [-0.2, 0) is 14.3 Å². The number of nitrogens with one attached hydrogen (secondary N) is 1. The third-order valence-electron chi connectivity index (χ3n) is 4.92. The van der Waals surface area contributed by atoms with Crippen LogP contribution in [0.15, 0.2) is 42.7 Å². The van der Waals surface area contributed by atoms with Gasteiger partial charge in [0, 0.05) is 43.6 Å². The summed E-state index contributed by atoms with van der Waals surface area (Å²) < 4.78 is 5.64. The Morgan fingerprint density at radius 2 is 1.82 bits per heavy atom. The first-order valence-corrected chi connectivity index (χ1v) is 9.47. The van der Waals surface area contributed by atoms with Crippen LogP contribution in [0.1, 0.15) is 11.6 Å². The standard InChI is InChI=1S/C19H20ClN5O3/c20-14-5-2-1-4-13(14)16-17(28-12-15(26)23-16)18(27)24-8-10-25(11-9-24)19-21-6-3-7-22-19/h1-7,16-17H,8-12H2,(H,23,26)/t16-,17+/m1/s1. The van der Waals surface area contributed by atoms with E-state index in [9.17, 15) is 9.59 Å². The summed E-state index contributed by atoms with van der Waals surface area (Å²) in [5.41, 5.74) is 0.673. The average molecular weight is 402 g/mol. The van der Waals surface area contributed by atoms with Crippen LogP contribution in [0.25, 0.3) is 0 Å². The van der Waals surface area contributed by atoms with E-state index in [2.05, 4.69) is 15.3 Å². The number of benzene rings is 1. The highest BCUT2D eigenvalue weighted by Gasteiger charge is 2.39. The number of morpholine rings is 1. The van der Waals surface area contributed by atoms with Crippen molar-refractivity contribution in [3.63, 3.8) is 0 Å². The number of aromatic nitrogens is 2.